The Labute approximate surface area is 157 Å². The molecule has 0 aliphatic carbocycles. The fourth-order valence-electron chi connectivity index (χ4n) is 3.29. The van der Waals surface area contributed by atoms with Crippen molar-refractivity contribution in [2.24, 2.45) is 0 Å². The zero-order valence-corrected chi connectivity index (χ0v) is 15.4. The molecule has 142 valence electrons. The van der Waals surface area contributed by atoms with E-state index in [9.17, 15) is 13.2 Å². The van der Waals surface area contributed by atoms with Crippen molar-refractivity contribution in [3.63, 3.8) is 0 Å². The van der Waals surface area contributed by atoms with Crippen molar-refractivity contribution >= 4 is 15.9 Å². The summed E-state index contributed by atoms with van der Waals surface area (Å²) in [5, 5.41) is 2.98. The highest BCUT2D eigenvalue weighted by Gasteiger charge is 2.30. The molecule has 2 aliphatic rings. The van der Waals surface area contributed by atoms with Crippen molar-refractivity contribution in [1.29, 1.82) is 0 Å². The van der Waals surface area contributed by atoms with E-state index in [-0.39, 0.29) is 18.7 Å². The normalized spacial score (nSPS) is 17.6. The number of nitrogens with one attached hydrogen (secondary N) is 1. The Morgan fingerprint density at radius 3 is 2.44 bits per heavy atom. The van der Waals surface area contributed by atoms with Crippen LogP contribution in [0.4, 0.5) is 0 Å². The van der Waals surface area contributed by atoms with Crippen LogP contribution in [0.3, 0.4) is 0 Å². The minimum atomic E-state index is -3.48. The van der Waals surface area contributed by atoms with E-state index in [1.807, 2.05) is 0 Å². The number of rotatable bonds is 4. The summed E-state index contributed by atoms with van der Waals surface area (Å²) in [6.45, 7) is 0.918. The topological polar surface area (TPSA) is 84.9 Å². The molecule has 0 radical (unpaired) electrons. The van der Waals surface area contributed by atoms with Crippen LogP contribution in [0.2, 0.25) is 0 Å². The number of carbonyl (C=O) groups excluding carboxylic acids is 1. The average molecular weight is 388 g/mol. The molecule has 7 nitrogen and oxygen atoms in total. The van der Waals surface area contributed by atoms with Gasteiger partial charge in [0, 0.05) is 24.7 Å². The van der Waals surface area contributed by atoms with Crippen molar-refractivity contribution in [2.45, 2.75) is 23.8 Å². The van der Waals surface area contributed by atoms with Gasteiger partial charge in [0.05, 0.1) is 4.90 Å². The largest absolute Gasteiger partial charge is 0.454 e. The lowest BCUT2D eigenvalue weighted by Crippen LogP contribution is -2.46. The summed E-state index contributed by atoms with van der Waals surface area (Å²) in [4.78, 5) is 12.8. The highest BCUT2D eigenvalue weighted by molar-refractivity contribution is 7.89. The van der Waals surface area contributed by atoms with Gasteiger partial charge in [-0.05, 0) is 43.2 Å². The first kappa shape index (κ1) is 17.8. The average Bonchev–Trinajstić information content (AvgIpc) is 3.17. The summed E-state index contributed by atoms with van der Waals surface area (Å²) in [6, 6.07) is 13.4. The molecule has 8 heteroatoms. The fraction of sp³-hybridized carbons (Fsp3) is 0.316. The van der Waals surface area contributed by atoms with Crippen molar-refractivity contribution in [2.75, 3.05) is 19.9 Å². The Morgan fingerprint density at radius 1 is 1.00 bits per heavy atom. The number of sulfonamides is 1. The van der Waals surface area contributed by atoms with Gasteiger partial charge in [0.1, 0.15) is 0 Å². The molecule has 4 rings (SSSR count). The van der Waals surface area contributed by atoms with E-state index < -0.39 is 10.0 Å². The molecule has 2 aliphatic heterocycles. The Hall–Kier alpha value is -2.58. The number of hydrogen-bond acceptors (Lipinski definition) is 5. The fourth-order valence-corrected chi connectivity index (χ4v) is 4.78. The van der Waals surface area contributed by atoms with E-state index in [1.54, 1.807) is 48.5 Å². The van der Waals surface area contributed by atoms with E-state index in [0.717, 1.165) is 0 Å². The van der Waals surface area contributed by atoms with Gasteiger partial charge in [0.15, 0.2) is 11.5 Å². The minimum Gasteiger partial charge on any atom is -0.454 e. The lowest BCUT2D eigenvalue weighted by Gasteiger charge is -2.31. The van der Waals surface area contributed by atoms with E-state index in [1.165, 1.54) is 4.31 Å². The van der Waals surface area contributed by atoms with Crippen LogP contribution < -0.4 is 14.8 Å². The number of benzene rings is 2. The number of fused-ring (bicyclic) bond motifs is 1. The summed E-state index contributed by atoms with van der Waals surface area (Å²) >= 11 is 0. The maximum absolute atomic E-state index is 12.7. The smallest absolute Gasteiger partial charge is 0.251 e. The molecule has 0 aromatic heterocycles. The highest BCUT2D eigenvalue weighted by Crippen LogP contribution is 2.32. The maximum Gasteiger partial charge on any atom is 0.251 e. The third kappa shape index (κ3) is 3.63. The number of hydrogen-bond donors (Lipinski definition) is 1. The summed E-state index contributed by atoms with van der Waals surface area (Å²) < 4.78 is 37.3. The van der Waals surface area contributed by atoms with Gasteiger partial charge in [-0.3, -0.25) is 4.79 Å². The summed E-state index contributed by atoms with van der Waals surface area (Å²) in [6.07, 6.45) is 1.14. The van der Waals surface area contributed by atoms with Gasteiger partial charge in [0.25, 0.3) is 5.91 Å². The van der Waals surface area contributed by atoms with E-state index in [2.05, 4.69) is 5.32 Å². The molecular formula is C19H20N2O5S. The van der Waals surface area contributed by atoms with Gasteiger partial charge in [-0.1, -0.05) is 18.2 Å². The summed E-state index contributed by atoms with van der Waals surface area (Å²) in [5.74, 6) is 0.995. The van der Waals surface area contributed by atoms with E-state index in [4.69, 9.17) is 9.47 Å². The molecule has 2 aromatic carbocycles. The molecule has 2 heterocycles. The maximum atomic E-state index is 12.7. The second kappa shape index (κ2) is 7.21. The predicted octanol–water partition coefficient (Wildman–Crippen LogP) is 2.00. The Morgan fingerprint density at radius 2 is 1.70 bits per heavy atom. The zero-order valence-electron chi connectivity index (χ0n) is 14.6. The van der Waals surface area contributed by atoms with Crippen LogP contribution in [0.1, 0.15) is 23.2 Å². The van der Waals surface area contributed by atoms with Gasteiger partial charge in [-0.25, -0.2) is 8.42 Å². The SMILES string of the molecule is O=C(NC1CCN(S(=O)(=O)c2ccccc2)CC1)c1ccc2c(c1)OCO2. The summed E-state index contributed by atoms with van der Waals surface area (Å²) in [5.41, 5.74) is 0.499. The van der Waals surface area contributed by atoms with E-state index in [0.29, 0.717) is 47.9 Å². The van der Waals surface area contributed by atoms with Crippen molar-refractivity contribution < 1.29 is 22.7 Å². The quantitative estimate of drug-likeness (QED) is 0.866. The lowest BCUT2D eigenvalue weighted by molar-refractivity contribution is 0.0923. The molecule has 0 unspecified atom stereocenters. The van der Waals surface area contributed by atoms with Gasteiger partial charge in [-0.2, -0.15) is 4.31 Å². The van der Waals surface area contributed by atoms with Crippen LogP contribution in [0.25, 0.3) is 0 Å². The Kier molecular flexibility index (Phi) is 4.75. The second-order valence-electron chi connectivity index (χ2n) is 6.53. The minimum absolute atomic E-state index is 0.0647. The molecule has 0 spiro atoms. The van der Waals surface area contributed by atoms with Crippen molar-refractivity contribution in [3.05, 3.63) is 54.1 Å². The highest BCUT2D eigenvalue weighted by atomic mass is 32.2. The first-order valence-electron chi connectivity index (χ1n) is 8.80. The van der Waals surface area contributed by atoms with Gasteiger partial charge in [-0.15, -0.1) is 0 Å². The molecule has 1 saturated heterocycles. The molecule has 27 heavy (non-hydrogen) atoms. The molecule has 1 amide bonds. The van der Waals surface area contributed by atoms with Gasteiger partial charge < -0.3 is 14.8 Å². The number of amides is 1. The number of ether oxygens (including phenoxy) is 2. The molecule has 1 fully saturated rings. The van der Waals surface area contributed by atoms with Crippen LogP contribution >= 0.6 is 0 Å². The predicted molar refractivity (Wildman–Crippen MR) is 98.3 cm³/mol. The second-order valence-corrected chi connectivity index (χ2v) is 8.47. The van der Waals surface area contributed by atoms with Crippen LogP contribution in [0.5, 0.6) is 11.5 Å². The molecule has 0 bridgehead atoms. The van der Waals surface area contributed by atoms with Gasteiger partial charge >= 0.3 is 0 Å². The van der Waals surface area contributed by atoms with Crippen LogP contribution in [-0.2, 0) is 10.0 Å². The molecule has 0 saturated carbocycles. The van der Waals surface area contributed by atoms with Crippen molar-refractivity contribution in [3.8, 4) is 11.5 Å². The molecule has 0 atom stereocenters. The molecule has 2 aromatic rings. The van der Waals surface area contributed by atoms with Gasteiger partial charge in [0.2, 0.25) is 16.8 Å². The monoisotopic (exact) mass is 388 g/mol. The van der Waals surface area contributed by atoms with Crippen molar-refractivity contribution in [1.82, 2.24) is 9.62 Å². The Balaban J connectivity index is 1.36. The summed E-state index contributed by atoms with van der Waals surface area (Å²) in [7, 11) is -3.48. The molecule has 1 N–H and O–H groups in total. The van der Waals surface area contributed by atoms with Crippen LogP contribution in [0.15, 0.2) is 53.4 Å². The third-order valence-corrected chi connectivity index (χ3v) is 6.72. The first-order valence-corrected chi connectivity index (χ1v) is 10.2. The zero-order chi connectivity index (χ0) is 18.9. The van der Waals surface area contributed by atoms with E-state index >= 15 is 0 Å². The standard InChI is InChI=1S/C19H20N2O5S/c22-19(14-6-7-17-18(12-14)26-13-25-17)20-15-8-10-21(11-9-15)27(23,24)16-4-2-1-3-5-16/h1-7,12,15H,8-11,13H2,(H,20,22). The van der Waals surface area contributed by atoms with Crippen LogP contribution in [0, 0.1) is 0 Å². The number of carbonyl (C=O) groups is 1. The third-order valence-electron chi connectivity index (χ3n) is 4.80. The number of nitrogens with zero attached hydrogens (tertiary/aromatic N) is 1. The van der Waals surface area contributed by atoms with Crippen LogP contribution in [-0.4, -0.2) is 44.6 Å². The molecular weight excluding hydrogens is 368 g/mol. The first-order chi connectivity index (χ1) is 13.0. The number of piperidine rings is 1. The lowest BCUT2D eigenvalue weighted by atomic mass is 10.1. The Bertz CT molecular complexity index is 938.